The van der Waals surface area contributed by atoms with E-state index in [0.29, 0.717) is 0 Å². The Morgan fingerprint density at radius 2 is 1.84 bits per heavy atom. The molecule has 19 heavy (non-hydrogen) atoms. The lowest BCUT2D eigenvalue weighted by Crippen LogP contribution is -2.50. The first kappa shape index (κ1) is 14.9. The predicted octanol–water partition coefficient (Wildman–Crippen LogP) is 2.45. The lowest BCUT2D eigenvalue weighted by atomic mass is 9.87. The van der Waals surface area contributed by atoms with Crippen molar-refractivity contribution >= 4 is 17.7 Å². The van der Waals surface area contributed by atoms with Crippen LogP contribution in [0.15, 0.2) is 24.3 Å². The molecule has 1 aromatic carbocycles. The molecule has 0 radical (unpaired) electrons. The minimum absolute atomic E-state index is 0.00181. The van der Waals surface area contributed by atoms with E-state index in [2.05, 4.69) is 10.6 Å². The number of para-hydroxylation sites is 1. The maximum Gasteiger partial charge on any atom is 0.326 e. The predicted molar refractivity (Wildman–Crippen MR) is 69.4 cm³/mol. The molecule has 6 heteroatoms. The summed E-state index contributed by atoms with van der Waals surface area (Å²) in [7, 11) is 0. The number of urea groups is 1. The third-order valence-electron chi connectivity index (χ3n) is 2.51. The zero-order valence-corrected chi connectivity index (χ0v) is 11.0. The van der Waals surface area contributed by atoms with Crippen molar-refractivity contribution in [3.8, 4) is 0 Å². The van der Waals surface area contributed by atoms with E-state index in [4.69, 9.17) is 5.11 Å². The van der Waals surface area contributed by atoms with Crippen molar-refractivity contribution in [3.63, 3.8) is 0 Å². The molecule has 0 unspecified atom stereocenters. The third-order valence-corrected chi connectivity index (χ3v) is 2.51. The van der Waals surface area contributed by atoms with E-state index in [-0.39, 0.29) is 5.69 Å². The molecule has 0 saturated carbocycles. The summed E-state index contributed by atoms with van der Waals surface area (Å²) in [6, 6.07) is 3.83. The Hall–Kier alpha value is -2.11. The van der Waals surface area contributed by atoms with Gasteiger partial charge in [0.15, 0.2) is 0 Å². The van der Waals surface area contributed by atoms with Crippen molar-refractivity contribution in [3.05, 3.63) is 30.1 Å². The number of carboxylic acid groups (broad SMARTS) is 1. The molecule has 1 atom stereocenters. The van der Waals surface area contributed by atoms with Crippen LogP contribution in [-0.4, -0.2) is 23.1 Å². The average Bonchev–Trinajstić information content (AvgIpc) is 2.27. The van der Waals surface area contributed by atoms with E-state index < -0.39 is 29.3 Å². The second-order valence-corrected chi connectivity index (χ2v) is 5.22. The zero-order valence-electron chi connectivity index (χ0n) is 11.0. The highest BCUT2D eigenvalue weighted by Gasteiger charge is 2.32. The van der Waals surface area contributed by atoms with E-state index in [1.807, 2.05) is 0 Å². The summed E-state index contributed by atoms with van der Waals surface area (Å²) in [6.07, 6.45) is 0. The molecule has 0 spiro atoms. The van der Waals surface area contributed by atoms with Gasteiger partial charge in [-0.2, -0.15) is 0 Å². The number of rotatable bonds is 3. The summed E-state index contributed by atoms with van der Waals surface area (Å²) in [6.45, 7) is 5.07. The number of nitrogens with one attached hydrogen (secondary N) is 2. The number of hydrogen-bond acceptors (Lipinski definition) is 2. The van der Waals surface area contributed by atoms with E-state index in [0.717, 1.165) is 0 Å². The summed E-state index contributed by atoms with van der Waals surface area (Å²) in [5, 5.41) is 13.7. The molecular formula is C13H17FN2O3. The first-order valence-corrected chi connectivity index (χ1v) is 5.76. The largest absolute Gasteiger partial charge is 0.480 e. The van der Waals surface area contributed by atoms with Crippen LogP contribution >= 0.6 is 0 Å². The molecule has 0 aliphatic rings. The second kappa shape index (κ2) is 5.69. The zero-order chi connectivity index (χ0) is 14.6. The topological polar surface area (TPSA) is 78.4 Å². The molecule has 1 aromatic rings. The van der Waals surface area contributed by atoms with Crippen LogP contribution in [0.2, 0.25) is 0 Å². The number of carboxylic acids is 1. The molecule has 0 bridgehead atoms. The minimum atomic E-state index is -1.14. The summed E-state index contributed by atoms with van der Waals surface area (Å²) in [5.74, 6) is -1.73. The van der Waals surface area contributed by atoms with Gasteiger partial charge in [0.05, 0.1) is 5.69 Å². The molecule has 2 amide bonds. The fourth-order valence-corrected chi connectivity index (χ4v) is 1.50. The molecule has 0 aliphatic heterocycles. The first-order chi connectivity index (χ1) is 8.71. The van der Waals surface area contributed by atoms with Gasteiger partial charge in [-0.15, -0.1) is 0 Å². The molecule has 104 valence electrons. The maximum atomic E-state index is 13.3. The lowest BCUT2D eigenvalue weighted by molar-refractivity contribution is -0.141. The number of amides is 2. The number of carbonyl (C=O) groups excluding carboxylic acids is 1. The van der Waals surface area contributed by atoms with Crippen LogP contribution in [0.3, 0.4) is 0 Å². The minimum Gasteiger partial charge on any atom is -0.480 e. The Balaban J connectivity index is 2.75. The van der Waals surface area contributed by atoms with Crippen LogP contribution in [0, 0.1) is 11.2 Å². The molecule has 0 aliphatic carbocycles. The van der Waals surface area contributed by atoms with Gasteiger partial charge in [0.1, 0.15) is 11.9 Å². The Kier molecular flexibility index (Phi) is 4.47. The van der Waals surface area contributed by atoms with Gasteiger partial charge in [-0.1, -0.05) is 32.9 Å². The third kappa shape index (κ3) is 4.24. The highest BCUT2D eigenvalue weighted by molar-refractivity contribution is 5.92. The molecule has 0 saturated heterocycles. The highest BCUT2D eigenvalue weighted by Crippen LogP contribution is 2.20. The fourth-order valence-electron chi connectivity index (χ4n) is 1.50. The van der Waals surface area contributed by atoms with Crippen LogP contribution in [0.1, 0.15) is 20.8 Å². The lowest BCUT2D eigenvalue weighted by Gasteiger charge is -2.27. The number of halogens is 1. The van der Waals surface area contributed by atoms with Crippen LogP contribution < -0.4 is 10.6 Å². The van der Waals surface area contributed by atoms with Gasteiger partial charge in [-0.3, -0.25) is 0 Å². The van der Waals surface area contributed by atoms with Crippen LogP contribution in [0.4, 0.5) is 14.9 Å². The second-order valence-electron chi connectivity index (χ2n) is 5.22. The van der Waals surface area contributed by atoms with Crippen molar-refractivity contribution in [1.29, 1.82) is 0 Å². The van der Waals surface area contributed by atoms with Gasteiger partial charge in [0, 0.05) is 0 Å². The van der Waals surface area contributed by atoms with E-state index >= 15 is 0 Å². The summed E-state index contributed by atoms with van der Waals surface area (Å²) in [4.78, 5) is 22.8. The van der Waals surface area contributed by atoms with Gasteiger partial charge in [-0.25, -0.2) is 14.0 Å². The first-order valence-electron chi connectivity index (χ1n) is 5.76. The quantitative estimate of drug-likeness (QED) is 0.787. The van der Waals surface area contributed by atoms with Crippen molar-refractivity contribution in [2.24, 2.45) is 5.41 Å². The number of hydrogen-bond donors (Lipinski definition) is 3. The molecule has 0 fully saturated rings. The van der Waals surface area contributed by atoms with Crippen LogP contribution in [0.5, 0.6) is 0 Å². The van der Waals surface area contributed by atoms with Gasteiger partial charge in [-0.05, 0) is 17.5 Å². The number of carbonyl (C=O) groups is 2. The monoisotopic (exact) mass is 268 g/mol. The van der Waals surface area contributed by atoms with Gasteiger partial charge < -0.3 is 15.7 Å². The van der Waals surface area contributed by atoms with Crippen molar-refractivity contribution in [2.45, 2.75) is 26.8 Å². The molecule has 5 nitrogen and oxygen atoms in total. The number of anilines is 1. The Bertz CT molecular complexity index is 483. The fraction of sp³-hybridized carbons (Fsp3) is 0.385. The molecule has 0 aromatic heterocycles. The average molecular weight is 268 g/mol. The molecule has 1 rings (SSSR count). The van der Waals surface area contributed by atoms with E-state index in [9.17, 15) is 14.0 Å². The Morgan fingerprint density at radius 1 is 1.26 bits per heavy atom. The van der Waals surface area contributed by atoms with Crippen LogP contribution in [0.25, 0.3) is 0 Å². The smallest absolute Gasteiger partial charge is 0.326 e. The van der Waals surface area contributed by atoms with Crippen molar-refractivity contribution in [2.75, 3.05) is 5.32 Å². The summed E-state index contributed by atoms with van der Waals surface area (Å²) < 4.78 is 13.3. The van der Waals surface area contributed by atoms with Gasteiger partial charge >= 0.3 is 12.0 Å². The van der Waals surface area contributed by atoms with Crippen LogP contribution in [-0.2, 0) is 4.79 Å². The highest BCUT2D eigenvalue weighted by atomic mass is 19.1. The standard InChI is InChI=1S/C13H17FN2O3/c1-13(2,3)10(11(17)18)16-12(19)15-9-7-5-4-6-8(9)14/h4-7,10H,1-3H3,(H,17,18)(H2,15,16,19)/t10-/m0/s1. The number of aliphatic carboxylic acids is 1. The summed E-state index contributed by atoms with van der Waals surface area (Å²) in [5.41, 5.74) is -0.656. The van der Waals surface area contributed by atoms with Gasteiger partial charge in [0.25, 0.3) is 0 Å². The maximum absolute atomic E-state index is 13.3. The molecule has 0 heterocycles. The van der Waals surface area contributed by atoms with Crippen molar-refractivity contribution in [1.82, 2.24) is 5.32 Å². The van der Waals surface area contributed by atoms with E-state index in [1.165, 1.54) is 18.2 Å². The normalized spacial score (nSPS) is 12.6. The summed E-state index contributed by atoms with van der Waals surface area (Å²) >= 11 is 0. The van der Waals surface area contributed by atoms with E-state index in [1.54, 1.807) is 26.8 Å². The SMILES string of the molecule is CC(C)(C)[C@@H](NC(=O)Nc1ccccc1F)C(=O)O. The van der Waals surface area contributed by atoms with Gasteiger partial charge in [0.2, 0.25) is 0 Å². The molecular weight excluding hydrogens is 251 g/mol. The Labute approximate surface area is 110 Å². The Morgan fingerprint density at radius 3 is 2.32 bits per heavy atom. The number of benzene rings is 1. The molecule has 3 N–H and O–H groups in total. The van der Waals surface area contributed by atoms with Crippen molar-refractivity contribution < 1.29 is 19.1 Å².